The van der Waals surface area contributed by atoms with Crippen molar-refractivity contribution in [1.82, 2.24) is 0 Å². The topological polar surface area (TPSA) is 101 Å². The Labute approximate surface area is 115 Å². The normalized spacial score (nSPS) is 10.2. The summed E-state index contributed by atoms with van der Waals surface area (Å²) >= 11 is 0. The molecule has 0 heterocycles. The molecular weight excluding hydrogens is 258 g/mol. The van der Waals surface area contributed by atoms with Crippen molar-refractivity contribution in [3.8, 4) is 0 Å². The average Bonchev–Trinajstić information content (AvgIpc) is 2.41. The van der Waals surface area contributed by atoms with Crippen molar-refractivity contribution in [3.63, 3.8) is 0 Å². The van der Waals surface area contributed by atoms with Crippen molar-refractivity contribution >= 4 is 17.6 Å². The second-order valence-corrected chi connectivity index (χ2v) is 4.41. The Morgan fingerprint density at radius 2 is 1.40 bits per heavy atom. The van der Waals surface area contributed by atoms with Gasteiger partial charge in [-0.1, -0.05) is 18.2 Å². The Balaban J connectivity index is 2.34. The molecule has 0 fully saturated rings. The minimum atomic E-state index is -1.25. The van der Waals surface area contributed by atoms with Crippen LogP contribution in [0.25, 0.3) is 0 Å². The summed E-state index contributed by atoms with van der Waals surface area (Å²) in [6, 6.07) is 11.5. The van der Waals surface area contributed by atoms with E-state index < -0.39 is 11.9 Å². The number of anilines is 1. The van der Waals surface area contributed by atoms with E-state index in [0.717, 1.165) is 11.1 Å². The molecule has 0 aliphatic carbocycles. The van der Waals surface area contributed by atoms with Crippen LogP contribution in [-0.2, 0) is 6.42 Å². The number of carbonyl (C=O) groups is 2. The lowest BCUT2D eigenvalue weighted by Crippen LogP contribution is -2.08. The molecule has 0 aromatic heterocycles. The summed E-state index contributed by atoms with van der Waals surface area (Å²) in [6.45, 7) is 0. The van der Waals surface area contributed by atoms with Crippen molar-refractivity contribution < 1.29 is 19.8 Å². The molecular formula is C15H13NO4. The largest absolute Gasteiger partial charge is 0.478 e. The molecule has 0 aliphatic rings. The molecule has 0 radical (unpaired) electrons. The molecule has 4 N–H and O–H groups in total. The number of hydrogen-bond acceptors (Lipinski definition) is 3. The lowest BCUT2D eigenvalue weighted by molar-refractivity contribution is 0.0651. The Kier molecular flexibility index (Phi) is 3.70. The van der Waals surface area contributed by atoms with Crippen LogP contribution in [0.4, 0.5) is 5.69 Å². The van der Waals surface area contributed by atoms with Gasteiger partial charge in [0, 0.05) is 5.69 Å². The molecule has 0 unspecified atom stereocenters. The number of nitrogen functional groups attached to an aromatic ring is 1. The second kappa shape index (κ2) is 5.44. The smallest absolute Gasteiger partial charge is 0.336 e. The quantitative estimate of drug-likeness (QED) is 0.740. The van der Waals surface area contributed by atoms with Crippen LogP contribution < -0.4 is 5.73 Å². The first kappa shape index (κ1) is 13.6. The van der Waals surface area contributed by atoms with Crippen molar-refractivity contribution in [2.45, 2.75) is 6.42 Å². The van der Waals surface area contributed by atoms with Gasteiger partial charge >= 0.3 is 11.9 Å². The second-order valence-electron chi connectivity index (χ2n) is 4.41. The van der Waals surface area contributed by atoms with E-state index in [9.17, 15) is 9.59 Å². The van der Waals surface area contributed by atoms with Gasteiger partial charge in [-0.05, 0) is 41.8 Å². The molecule has 2 aromatic carbocycles. The van der Waals surface area contributed by atoms with E-state index in [2.05, 4.69) is 0 Å². The van der Waals surface area contributed by atoms with Gasteiger partial charge < -0.3 is 15.9 Å². The van der Waals surface area contributed by atoms with Gasteiger partial charge in [-0.2, -0.15) is 0 Å². The van der Waals surface area contributed by atoms with Crippen LogP contribution in [0, 0.1) is 0 Å². The van der Waals surface area contributed by atoms with E-state index in [4.69, 9.17) is 15.9 Å². The van der Waals surface area contributed by atoms with E-state index in [1.807, 2.05) is 12.1 Å². The van der Waals surface area contributed by atoms with Crippen LogP contribution in [0.2, 0.25) is 0 Å². The molecule has 2 rings (SSSR count). The van der Waals surface area contributed by atoms with Gasteiger partial charge in [-0.25, -0.2) is 9.59 Å². The highest BCUT2D eigenvalue weighted by atomic mass is 16.4. The summed E-state index contributed by atoms with van der Waals surface area (Å²) in [5, 5.41) is 18.0. The first-order valence-corrected chi connectivity index (χ1v) is 5.91. The Bertz CT molecular complexity index is 662. The summed E-state index contributed by atoms with van der Waals surface area (Å²) in [4.78, 5) is 22.1. The number of carboxylic acid groups (broad SMARTS) is 2. The standard InChI is InChI=1S/C15H13NO4/c16-11-4-1-9(2-5-11)7-10-3-6-12(14(17)18)13(8-10)15(19)20/h1-6,8H,7,16H2,(H,17,18)(H,19,20). The average molecular weight is 271 g/mol. The fraction of sp³-hybridized carbons (Fsp3) is 0.0667. The molecule has 2 aromatic rings. The molecule has 0 saturated heterocycles. The third-order valence-corrected chi connectivity index (χ3v) is 2.93. The number of benzene rings is 2. The van der Waals surface area contributed by atoms with Crippen molar-refractivity contribution in [2.75, 3.05) is 5.73 Å². The Hall–Kier alpha value is -2.82. The molecule has 0 amide bonds. The van der Waals surface area contributed by atoms with Gasteiger partial charge in [-0.3, -0.25) is 0 Å². The van der Waals surface area contributed by atoms with Crippen molar-refractivity contribution in [2.24, 2.45) is 0 Å². The van der Waals surface area contributed by atoms with Crippen LogP contribution >= 0.6 is 0 Å². The van der Waals surface area contributed by atoms with Crippen LogP contribution in [0.5, 0.6) is 0 Å². The van der Waals surface area contributed by atoms with Crippen LogP contribution in [0.15, 0.2) is 42.5 Å². The maximum Gasteiger partial charge on any atom is 0.336 e. The number of aromatic carboxylic acids is 2. The summed E-state index contributed by atoms with van der Waals surface area (Å²) in [7, 11) is 0. The van der Waals surface area contributed by atoms with E-state index >= 15 is 0 Å². The first-order chi connectivity index (χ1) is 9.47. The zero-order chi connectivity index (χ0) is 14.7. The fourth-order valence-corrected chi connectivity index (χ4v) is 1.94. The summed E-state index contributed by atoms with van der Waals surface area (Å²) < 4.78 is 0. The fourth-order valence-electron chi connectivity index (χ4n) is 1.94. The zero-order valence-corrected chi connectivity index (χ0v) is 10.5. The number of carboxylic acids is 2. The summed E-state index contributed by atoms with van der Waals surface area (Å²) in [5.74, 6) is -2.50. The highest BCUT2D eigenvalue weighted by Gasteiger charge is 2.16. The maximum absolute atomic E-state index is 11.1. The lowest BCUT2D eigenvalue weighted by atomic mass is 9.99. The van der Waals surface area contributed by atoms with Crippen LogP contribution in [0.3, 0.4) is 0 Å². The molecule has 102 valence electrons. The molecule has 20 heavy (non-hydrogen) atoms. The Morgan fingerprint density at radius 1 is 0.850 bits per heavy atom. The van der Waals surface area contributed by atoms with Crippen LogP contribution in [-0.4, -0.2) is 22.2 Å². The predicted octanol–water partition coefficient (Wildman–Crippen LogP) is 2.26. The van der Waals surface area contributed by atoms with Gasteiger partial charge in [0.1, 0.15) is 0 Å². The first-order valence-electron chi connectivity index (χ1n) is 5.91. The van der Waals surface area contributed by atoms with Gasteiger partial charge in [0.05, 0.1) is 11.1 Å². The molecule has 5 nitrogen and oxygen atoms in total. The molecule has 0 aliphatic heterocycles. The lowest BCUT2D eigenvalue weighted by Gasteiger charge is -2.06. The highest BCUT2D eigenvalue weighted by Crippen LogP contribution is 2.17. The zero-order valence-electron chi connectivity index (χ0n) is 10.5. The molecule has 0 saturated carbocycles. The third kappa shape index (κ3) is 2.95. The van der Waals surface area contributed by atoms with Gasteiger partial charge in [0.15, 0.2) is 0 Å². The van der Waals surface area contributed by atoms with E-state index in [0.29, 0.717) is 12.1 Å². The monoisotopic (exact) mass is 271 g/mol. The minimum Gasteiger partial charge on any atom is -0.478 e. The highest BCUT2D eigenvalue weighted by molar-refractivity contribution is 6.01. The third-order valence-electron chi connectivity index (χ3n) is 2.93. The molecule has 5 heteroatoms. The molecule has 0 atom stereocenters. The van der Waals surface area contributed by atoms with Crippen molar-refractivity contribution in [3.05, 3.63) is 64.7 Å². The summed E-state index contributed by atoms with van der Waals surface area (Å²) in [5.41, 5.74) is 7.54. The van der Waals surface area contributed by atoms with Crippen molar-refractivity contribution in [1.29, 1.82) is 0 Å². The minimum absolute atomic E-state index is 0.203. The number of nitrogens with two attached hydrogens (primary N) is 1. The SMILES string of the molecule is Nc1ccc(Cc2ccc(C(=O)O)c(C(=O)O)c2)cc1. The van der Waals surface area contributed by atoms with Crippen LogP contribution in [0.1, 0.15) is 31.8 Å². The van der Waals surface area contributed by atoms with Gasteiger partial charge in [-0.15, -0.1) is 0 Å². The maximum atomic E-state index is 11.1. The molecule has 0 spiro atoms. The van der Waals surface area contributed by atoms with Gasteiger partial charge in [0.25, 0.3) is 0 Å². The van der Waals surface area contributed by atoms with E-state index in [-0.39, 0.29) is 11.1 Å². The Morgan fingerprint density at radius 3 is 1.95 bits per heavy atom. The van der Waals surface area contributed by atoms with E-state index in [1.54, 1.807) is 18.2 Å². The number of rotatable bonds is 4. The summed E-state index contributed by atoms with van der Waals surface area (Å²) in [6.07, 6.45) is 0.514. The molecule has 0 bridgehead atoms. The predicted molar refractivity (Wildman–Crippen MR) is 74.0 cm³/mol. The van der Waals surface area contributed by atoms with E-state index in [1.165, 1.54) is 12.1 Å². The van der Waals surface area contributed by atoms with Gasteiger partial charge in [0.2, 0.25) is 0 Å². The number of hydrogen-bond donors (Lipinski definition) is 3.